The summed E-state index contributed by atoms with van der Waals surface area (Å²) in [6, 6.07) is 4.83. The van der Waals surface area contributed by atoms with E-state index in [1.165, 1.54) is 0 Å². The van der Waals surface area contributed by atoms with Gasteiger partial charge in [-0.3, -0.25) is 9.89 Å². The number of amides is 2. The van der Waals surface area contributed by atoms with E-state index in [0.717, 1.165) is 11.7 Å². The molecule has 2 rings (SSSR count). The molecule has 0 saturated heterocycles. The molecule has 0 bridgehead atoms. The molecular weight excluding hydrogens is 341 g/mol. The van der Waals surface area contributed by atoms with Gasteiger partial charge in [0.25, 0.3) is 0 Å². The zero-order chi connectivity index (χ0) is 16.3. The van der Waals surface area contributed by atoms with Gasteiger partial charge in [0.2, 0.25) is 0 Å². The first-order valence-corrected chi connectivity index (χ1v) is 8.75. The lowest BCUT2D eigenvalue weighted by atomic mass is 10.2. The summed E-state index contributed by atoms with van der Waals surface area (Å²) in [5.41, 5.74) is 0.616. The molecule has 1 N–H and O–H groups in total. The van der Waals surface area contributed by atoms with Gasteiger partial charge in [0, 0.05) is 17.5 Å². The number of carbonyl (C=O) groups is 1. The number of nitrogens with zero attached hydrogens (tertiary/aromatic N) is 2. The quantitative estimate of drug-likeness (QED) is 0.827. The number of aliphatic imine (C=N–C) groups is 1. The van der Waals surface area contributed by atoms with E-state index in [9.17, 15) is 4.79 Å². The number of benzene rings is 1. The average Bonchev–Trinajstić information content (AvgIpc) is 2.86. The van der Waals surface area contributed by atoms with Crippen molar-refractivity contribution in [1.29, 1.82) is 0 Å². The van der Waals surface area contributed by atoms with Crippen molar-refractivity contribution in [2.45, 2.75) is 26.0 Å². The van der Waals surface area contributed by atoms with Crippen LogP contribution in [-0.4, -0.2) is 34.4 Å². The summed E-state index contributed by atoms with van der Waals surface area (Å²) >= 11 is 13.5. The van der Waals surface area contributed by atoms with Gasteiger partial charge in [0.05, 0.1) is 16.6 Å². The fourth-order valence-corrected chi connectivity index (χ4v) is 3.23. The smallest absolute Gasteiger partial charge is 0.307 e. The molecule has 0 radical (unpaired) electrons. The van der Waals surface area contributed by atoms with Crippen molar-refractivity contribution < 1.29 is 4.79 Å². The van der Waals surface area contributed by atoms with Gasteiger partial charge in [-0.2, -0.15) is 0 Å². The van der Waals surface area contributed by atoms with E-state index in [2.05, 4.69) is 31.1 Å². The summed E-state index contributed by atoms with van der Waals surface area (Å²) in [6.07, 6.45) is 0. The second kappa shape index (κ2) is 7.57. The lowest BCUT2D eigenvalue weighted by Gasteiger charge is -2.24. The van der Waals surface area contributed by atoms with Crippen LogP contribution in [0.4, 0.5) is 10.5 Å². The molecule has 120 valence electrons. The van der Waals surface area contributed by atoms with Crippen LogP contribution in [0.1, 0.15) is 20.8 Å². The van der Waals surface area contributed by atoms with Crippen molar-refractivity contribution in [3.05, 3.63) is 28.2 Å². The Bertz CT molecular complexity index is 592. The van der Waals surface area contributed by atoms with Crippen molar-refractivity contribution in [3.8, 4) is 0 Å². The van der Waals surface area contributed by atoms with Crippen LogP contribution < -0.4 is 5.32 Å². The first-order valence-electron chi connectivity index (χ1n) is 7.11. The maximum absolute atomic E-state index is 12.6. The van der Waals surface area contributed by atoms with E-state index in [0.29, 0.717) is 33.4 Å². The molecule has 0 unspecified atom stereocenters. The first kappa shape index (κ1) is 17.4. The second-order valence-electron chi connectivity index (χ2n) is 5.62. The van der Waals surface area contributed by atoms with E-state index < -0.39 is 0 Å². The Morgan fingerprint density at radius 3 is 2.73 bits per heavy atom. The zero-order valence-electron chi connectivity index (χ0n) is 12.8. The lowest BCUT2D eigenvalue weighted by Crippen LogP contribution is -2.40. The monoisotopic (exact) mass is 359 g/mol. The normalized spacial score (nSPS) is 17.5. The summed E-state index contributed by atoms with van der Waals surface area (Å²) in [5, 5.41) is 4.91. The molecule has 2 amide bonds. The van der Waals surface area contributed by atoms with Crippen LogP contribution in [0, 0.1) is 5.92 Å². The number of hydrogen-bond donors (Lipinski definition) is 1. The number of hydrogen-bond acceptors (Lipinski definition) is 3. The number of thioether (sulfide) groups is 1. The molecule has 1 aliphatic rings. The molecule has 22 heavy (non-hydrogen) atoms. The van der Waals surface area contributed by atoms with Gasteiger partial charge >= 0.3 is 6.03 Å². The zero-order valence-corrected chi connectivity index (χ0v) is 15.1. The summed E-state index contributed by atoms with van der Waals surface area (Å²) in [6.45, 7) is 7.61. The summed E-state index contributed by atoms with van der Waals surface area (Å²) in [5.74, 6) is 0.346. The highest BCUT2D eigenvalue weighted by Crippen LogP contribution is 2.27. The van der Waals surface area contributed by atoms with Gasteiger partial charge < -0.3 is 5.32 Å². The molecule has 1 aliphatic heterocycles. The Hall–Kier alpha value is -0.910. The minimum absolute atomic E-state index is 0.201. The van der Waals surface area contributed by atoms with Crippen molar-refractivity contribution in [1.82, 2.24) is 4.90 Å². The van der Waals surface area contributed by atoms with Crippen molar-refractivity contribution in [2.24, 2.45) is 10.9 Å². The topological polar surface area (TPSA) is 44.7 Å². The van der Waals surface area contributed by atoms with E-state index in [1.807, 2.05) is 0 Å². The number of rotatable bonds is 3. The van der Waals surface area contributed by atoms with Crippen LogP contribution in [0.5, 0.6) is 0 Å². The Morgan fingerprint density at radius 2 is 2.18 bits per heavy atom. The molecule has 1 aromatic rings. The van der Waals surface area contributed by atoms with Crippen LogP contribution in [0.3, 0.4) is 0 Å². The Labute approximate surface area is 145 Å². The predicted octanol–water partition coefficient (Wildman–Crippen LogP) is 4.97. The van der Waals surface area contributed by atoms with Gasteiger partial charge in [-0.25, -0.2) is 4.79 Å². The molecule has 1 atom stereocenters. The Balaban J connectivity index is 2.13. The minimum atomic E-state index is -0.201. The molecule has 7 heteroatoms. The van der Waals surface area contributed by atoms with Crippen LogP contribution in [0.25, 0.3) is 0 Å². The van der Waals surface area contributed by atoms with Gasteiger partial charge in [-0.15, -0.1) is 0 Å². The standard InChI is InChI=1S/C15H19Cl2N3OS/c1-9(2)8-20(15-18-7-10(3)22-15)14(21)19-11-4-5-12(16)13(17)6-11/h4-6,9-10H,7-8H2,1-3H3,(H,19,21)/t10-/m1/s1. The Morgan fingerprint density at radius 1 is 1.45 bits per heavy atom. The highest BCUT2D eigenvalue weighted by atomic mass is 35.5. The number of halogens is 2. The van der Waals surface area contributed by atoms with E-state index >= 15 is 0 Å². The molecule has 1 aromatic carbocycles. The average molecular weight is 360 g/mol. The number of urea groups is 1. The largest absolute Gasteiger partial charge is 0.327 e. The molecule has 0 aromatic heterocycles. The number of nitrogens with one attached hydrogen (secondary N) is 1. The third-order valence-corrected chi connectivity index (χ3v) is 4.84. The van der Waals surface area contributed by atoms with Gasteiger partial charge in [0.1, 0.15) is 0 Å². The minimum Gasteiger partial charge on any atom is -0.307 e. The van der Waals surface area contributed by atoms with Crippen molar-refractivity contribution in [2.75, 3.05) is 18.4 Å². The highest BCUT2D eigenvalue weighted by Gasteiger charge is 2.26. The maximum atomic E-state index is 12.6. The molecule has 0 saturated carbocycles. The molecule has 4 nitrogen and oxygen atoms in total. The predicted molar refractivity (Wildman–Crippen MR) is 96.4 cm³/mol. The van der Waals surface area contributed by atoms with Crippen molar-refractivity contribution >= 4 is 51.8 Å². The van der Waals surface area contributed by atoms with Crippen LogP contribution >= 0.6 is 35.0 Å². The van der Waals surface area contributed by atoms with Crippen LogP contribution in [0.2, 0.25) is 10.0 Å². The molecule has 0 aliphatic carbocycles. The molecular formula is C15H19Cl2N3OS. The summed E-state index contributed by atoms with van der Waals surface area (Å²) < 4.78 is 0. The molecule has 0 spiro atoms. The number of amidine groups is 1. The van der Waals surface area contributed by atoms with Crippen LogP contribution in [-0.2, 0) is 0 Å². The van der Waals surface area contributed by atoms with E-state index in [-0.39, 0.29) is 6.03 Å². The maximum Gasteiger partial charge on any atom is 0.327 e. The lowest BCUT2D eigenvalue weighted by molar-refractivity contribution is 0.230. The molecule has 1 heterocycles. The van der Waals surface area contributed by atoms with Gasteiger partial charge in [-0.1, -0.05) is 55.7 Å². The number of anilines is 1. The van der Waals surface area contributed by atoms with Crippen molar-refractivity contribution in [3.63, 3.8) is 0 Å². The fraction of sp³-hybridized carbons (Fsp3) is 0.467. The first-order chi connectivity index (χ1) is 10.4. The van der Waals surface area contributed by atoms with E-state index in [1.54, 1.807) is 34.9 Å². The van der Waals surface area contributed by atoms with Crippen LogP contribution in [0.15, 0.2) is 23.2 Å². The second-order valence-corrected chi connectivity index (χ2v) is 7.84. The summed E-state index contributed by atoms with van der Waals surface area (Å²) in [7, 11) is 0. The SMILES string of the molecule is CC(C)CN(C(=O)Nc1ccc(Cl)c(Cl)c1)C1=NC[C@@H](C)S1. The van der Waals surface area contributed by atoms with Gasteiger partial charge in [-0.05, 0) is 24.1 Å². The third kappa shape index (κ3) is 4.54. The van der Waals surface area contributed by atoms with Gasteiger partial charge in [0.15, 0.2) is 5.17 Å². The highest BCUT2D eigenvalue weighted by molar-refractivity contribution is 8.14. The fourth-order valence-electron chi connectivity index (χ4n) is 1.99. The Kier molecular flexibility index (Phi) is 6.01. The molecule has 0 fully saturated rings. The summed E-state index contributed by atoms with van der Waals surface area (Å²) in [4.78, 5) is 18.7. The number of carbonyl (C=O) groups excluding carboxylic acids is 1. The third-order valence-electron chi connectivity index (χ3n) is 2.98. The van der Waals surface area contributed by atoms with E-state index in [4.69, 9.17) is 23.2 Å².